The molecule has 1 aromatic heterocycles. The summed E-state index contributed by atoms with van der Waals surface area (Å²) in [7, 11) is 0. The van der Waals surface area contributed by atoms with E-state index in [9.17, 15) is 0 Å². The van der Waals surface area contributed by atoms with E-state index in [-0.39, 0.29) is 6.61 Å². The maximum Gasteiger partial charge on any atom is 0.163 e. The van der Waals surface area contributed by atoms with Gasteiger partial charge in [-0.05, 0) is 18.6 Å². The number of nitrogens with one attached hydrogen (secondary N) is 1. The third-order valence-electron chi connectivity index (χ3n) is 1.92. The fourth-order valence-corrected chi connectivity index (χ4v) is 2.51. The number of rotatable bonds is 2. The number of nitrogens with zero attached hydrogens (tertiary/aromatic N) is 2. The molecule has 1 atom stereocenters. The smallest absolute Gasteiger partial charge is 0.163 e. The van der Waals surface area contributed by atoms with Gasteiger partial charge in [0, 0.05) is 0 Å². The molecule has 1 aliphatic rings. The van der Waals surface area contributed by atoms with Crippen LogP contribution in [-0.4, -0.2) is 26.0 Å². The number of thioether (sulfide) groups is 1. The molecule has 0 saturated carbocycles. The van der Waals surface area contributed by atoms with Gasteiger partial charge in [-0.1, -0.05) is 0 Å². The Labute approximate surface area is 74.8 Å². The van der Waals surface area contributed by atoms with Crippen LogP contribution < -0.4 is 0 Å². The molecule has 2 N–H and O–H groups in total. The van der Waals surface area contributed by atoms with Gasteiger partial charge in [0.25, 0.3) is 0 Å². The number of hydrogen-bond donors (Lipinski definition) is 2. The van der Waals surface area contributed by atoms with E-state index in [1.54, 1.807) is 0 Å². The predicted octanol–water partition coefficient (Wildman–Crippen LogP) is 0.865. The van der Waals surface area contributed by atoms with Crippen molar-refractivity contribution in [2.45, 2.75) is 24.7 Å². The summed E-state index contributed by atoms with van der Waals surface area (Å²) >= 11 is 1.89. The zero-order valence-corrected chi connectivity index (χ0v) is 7.47. The van der Waals surface area contributed by atoms with Gasteiger partial charge in [-0.15, -0.1) is 0 Å². The number of aliphatic hydroxyl groups excluding tert-OH is 1. The molecule has 0 radical (unpaired) electrons. The topological polar surface area (TPSA) is 61.8 Å². The fourth-order valence-electron chi connectivity index (χ4n) is 1.31. The Morgan fingerprint density at radius 1 is 1.67 bits per heavy atom. The minimum Gasteiger partial charge on any atom is -0.388 e. The molecule has 12 heavy (non-hydrogen) atoms. The van der Waals surface area contributed by atoms with Crippen molar-refractivity contribution < 1.29 is 5.11 Å². The van der Waals surface area contributed by atoms with Gasteiger partial charge < -0.3 is 5.11 Å². The van der Waals surface area contributed by atoms with Crippen LogP contribution in [0.5, 0.6) is 0 Å². The highest BCUT2D eigenvalue weighted by atomic mass is 32.2. The first kappa shape index (κ1) is 8.07. The van der Waals surface area contributed by atoms with Crippen LogP contribution in [0.4, 0.5) is 0 Å². The zero-order chi connectivity index (χ0) is 8.39. The summed E-state index contributed by atoms with van der Waals surface area (Å²) in [5.41, 5.74) is 0. The zero-order valence-electron chi connectivity index (χ0n) is 6.66. The minimum absolute atomic E-state index is 0.0512. The number of aromatic nitrogens is 3. The second-order valence-corrected chi connectivity index (χ2v) is 4.11. The van der Waals surface area contributed by atoms with Crippen LogP contribution in [-0.2, 0) is 6.61 Å². The third kappa shape index (κ3) is 1.47. The molecule has 1 aliphatic heterocycles. The van der Waals surface area contributed by atoms with Crippen molar-refractivity contribution >= 4 is 11.8 Å². The largest absolute Gasteiger partial charge is 0.388 e. The van der Waals surface area contributed by atoms with Crippen LogP contribution in [0.15, 0.2) is 0 Å². The first-order valence-corrected chi connectivity index (χ1v) is 5.08. The van der Waals surface area contributed by atoms with Gasteiger partial charge in [-0.25, -0.2) is 4.98 Å². The first-order valence-electron chi connectivity index (χ1n) is 4.04. The molecule has 1 saturated heterocycles. The van der Waals surface area contributed by atoms with E-state index in [1.807, 2.05) is 11.8 Å². The molecule has 4 nitrogen and oxygen atoms in total. The standard InChI is InChI=1S/C7H11N3OS/c11-4-6-8-7(10-9-6)5-2-1-3-12-5/h5,11H,1-4H2,(H,8,9,10). The van der Waals surface area contributed by atoms with E-state index >= 15 is 0 Å². The molecular weight excluding hydrogens is 174 g/mol. The number of H-pyrrole nitrogens is 1. The summed E-state index contributed by atoms with van der Waals surface area (Å²) in [5.74, 6) is 2.62. The van der Waals surface area contributed by atoms with Crippen LogP contribution in [0.2, 0.25) is 0 Å². The van der Waals surface area contributed by atoms with Crippen molar-refractivity contribution in [1.29, 1.82) is 0 Å². The summed E-state index contributed by atoms with van der Waals surface area (Å²) < 4.78 is 0. The molecule has 2 rings (SSSR count). The Morgan fingerprint density at radius 3 is 3.17 bits per heavy atom. The lowest BCUT2D eigenvalue weighted by Crippen LogP contribution is -1.91. The molecule has 1 unspecified atom stereocenters. The fraction of sp³-hybridized carbons (Fsp3) is 0.714. The summed E-state index contributed by atoms with van der Waals surface area (Å²) in [6.07, 6.45) is 2.41. The highest BCUT2D eigenvalue weighted by Gasteiger charge is 2.21. The van der Waals surface area contributed by atoms with Crippen molar-refractivity contribution in [3.63, 3.8) is 0 Å². The van der Waals surface area contributed by atoms with Crippen molar-refractivity contribution in [2.75, 3.05) is 5.75 Å². The van der Waals surface area contributed by atoms with E-state index in [2.05, 4.69) is 15.2 Å². The van der Waals surface area contributed by atoms with E-state index < -0.39 is 0 Å². The number of aromatic amines is 1. The predicted molar refractivity (Wildman–Crippen MR) is 46.7 cm³/mol. The maximum atomic E-state index is 8.75. The quantitative estimate of drug-likeness (QED) is 0.717. The van der Waals surface area contributed by atoms with Crippen LogP contribution in [0.1, 0.15) is 29.7 Å². The number of aliphatic hydroxyl groups is 1. The van der Waals surface area contributed by atoms with Gasteiger partial charge >= 0.3 is 0 Å². The van der Waals surface area contributed by atoms with Crippen LogP contribution in [0.3, 0.4) is 0 Å². The minimum atomic E-state index is -0.0512. The average Bonchev–Trinajstić information content (AvgIpc) is 2.75. The van der Waals surface area contributed by atoms with E-state index in [4.69, 9.17) is 5.11 Å². The Morgan fingerprint density at radius 2 is 2.58 bits per heavy atom. The Bertz CT molecular complexity index is 257. The van der Waals surface area contributed by atoms with E-state index in [1.165, 1.54) is 12.2 Å². The van der Waals surface area contributed by atoms with E-state index in [0.717, 1.165) is 12.2 Å². The van der Waals surface area contributed by atoms with Crippen molar-refractivity contribution in [1.82, 2.24) is 15.2 Å². The molecule has 1 fully saturated rings. The van der Waals surface area contributed by atoms with Crippen LogP contribution in [0.25, 0.3) is 0 Å². The highest BCUT2D eigenvalue weighted by molar-refractivity contribution is 7.99. The van der Waals surface area contributed by atoms with Crippen molar-refractivity contribution in [3.8, 4) is 0 Å². The lowest BCUT2D eigenvalue weighted by atomic mass is 10.2. The molecular formula is C7H11N3OS. The lowest BCUT2D eigenvalue weighted by molar-refractivity contribution is 0.271. The molecule has 1 aromatic rings. The number of hydrogen-bond acceptors (Lipinski definition) is 4. The Kier molecular flexibility index (Phi) is 2.32. The summed E-state index contributed by atoms with van der Waals surface area (Å²) in [6, 6.07) is 0. The van der Waals surface area contributed by atoms with Gasteiger partial charge in [0.1, 0.15) is 12.4 Å². The maximum absolute atomic E-state index is 8.75. The summed E-state index contributed by atoms with van der Waals surface area (Å²) in [6.45, 7) is -0.0512. The molecule has 66 valence electrons. The Balaban J connectivity index is 2.11. The molecule has 0 amide bonds. The average molecular weight is 185 g/mol. The van der Waals surface area contributed by atoms with Gasteiger partial charge in [0.05, 0.1) is 5.25 Å². The summed E-state index contributed by atoms with van der Waals surface area (Å²) in [4.78, 5) is 4.17. The molecule has 2 heterocycles. The van der Waals surface area contributed by atoms with Gasteiger partial charge in [-0.2, -0.15) is 16.9 Å². The first-order chi connectivity index (χ1) is 5.90. The highest BCUT2D eigenvalue weighted by Crippen LogP contribution is 2.37. The SMILES string of the molecule is OCc1nc(C2CCCS2)n[nH]1. The second kappa shape index (κ2) is 3.45. The lowest BCUT2D eigenvalue weighted by Gasteiger charge is -1.99. The van der Waals surface area contributed by atoms with E-state index in [0.29, 0.717) is 11.1 Å². The molecule has 0 bridgehead atoms. The van der Waals surface area contributed by atoms with Crippen LogP contribution >= 0.6 is 11.8 Å². The monoisotopic (exact) mass is 185 g/mol. The Hall–Kier alpha value is -0.550. The van der Waals surface area contributed by atoms with Gasteiger partial charge in [0.2, 0.25) is 0 Å². The molecule has 5 heteroatoms. The molecule has 0 spiro atoms. The second-order valence-electron chi connectivity index (χ2n) is 2.80. The van der Waals surface area contributed by atoms with Crippen molar-refractivity contribution in [2.24, 2.45) is 0 Å². The molecule has 0 aromatic carbocycles. The van der Waals surface area contributed by atoms with Crippen LogP contribution in [0, 0.1) is 0 Å². The van der Waals surface area contributed by atoms with Gasteiger partial charge in [0.15, 0.2) is 5.82 Å². The third-order valence-corrected chi connectivity index (χ3v) is 3.29. The normalized spacial score (nSPS) is 23.2. The van der Waals surface area contributed by atoms with Crippen molar-refractivity contribution in [3.05, 3.63) is 11.6 Å². The molecule has 0 aliphatic carbocycles. The van der Waals surface area contributed by atoms with Gasteiger partial charge in [-0.3, -0.25) is 5.10 Å². The summed E-state index contributed by atoms with van der Waals surface area (Å²) in [5, 5.41) is 16.0.